The summed E-state index contributed by atoms with van der Waals surface area (Å²) in [7, 11) is 0. The van der Waals surface area contributed by atoms with E-state index in [0.717, 1.165) is 23.5 Å². The van der Waals surface area contributed by atoms with Gasteiger partial charge in [0.05, 0.1) is 11.4 Å². The van der Waals surface area contributed by atoms with Crippen molar-refractivity contribution in [3.05, 3.63) is 23.8 Å². The number of hydrogen-bond acceptors (Lipinski definition) is 4. The van der Waals surface area contributed by atoms with E-state index in [-0.39, 0.29) is 6.29 Å². The molecule has 1 unspecified atom stereocenters. The van der Waals surface area contributed by atoms with Crippen LogP contribution in [0.15, 0.2) is 18.2 Å². The molecule has 0 saturated carbocycles. The van der Waals surface area contributed by atoms with Crippen molar-refractivity contribution in [3.8, 4) is 0 Å². The molecule has 1 aromatic carbocycles. The SMILES string of the molecule is Nc1cccc2c1NC(N)NC2. The highest BCUT2D eigenvalue weighted by atomic mass is 15.2. The number of hydrogen-bond donors (Lipinski definition) is 4. The van der Waals surface area contributed by atoms with Gasteiger partial charge >= 0.3 is 0 Å². The highest BCUT2D eigenvalue weighted by Gasteiger charge is 2.14. The van der Waals surface area contributed by atoms with E-state index in [4.69, 9.17) is 11.5 Å². The van der Waals surface area contributed by atoms with Crippen molar-refractivity contribution in [2.45, 2.75) is 12.8 Å². The molecular formula is C8H12N4. The summed E-state index contributed by atoms with van der Waals surface area (Å²) >= 11 is 0. The Morgan fingerprint density at radius 1 is 1.42 bits per heavy atom. The molecule has 0 amide bonds. The molecule has 0 fully saturated rings. The molecule has 4 heteroatoms. The molecule has 1 aromatic rings. The Morgan fingerprint density at radius 2 is 2.25 bits per heavy atom. The summed E-state index contributed by atoms with van der Waals surface area (Å²) in [5.74, 6) is 0. The topological polar surface area (TPSA) is 76.1 Å². The molecule has 0 radical (unpaired) electrons. The van der Waals surface area contributed by atoms with Crippen LogP contribution < -0.4 is 22.1 Å². The van der Waals surface area contributed by atoms with Crippen molar-refractivity contribution in [1.82, 2.24) is 5.32 Å². The second-order valence-corrected chi connectivity index (χ2v) is 2.88. The Morgan fingerprint density at radius 3 is 3.08 bits per heavy atom. The van der Waals surface area contributed by atoms with E-state index in [1.165, 1.54) is 0 Å². The van der Waals surface area contributed by atoms with Crippen LogP contribution >= 0.6 is 0 Å². The average molecular weight is 164 g/mol. The van der Waals surface area contributed by atoms with E-state index in [2.05, 4.69) is 10.6 Å². The van der Waals surface area contributed by atoms with Crippen LogP contribution in [0.4, 0.5) is 11.4 Å². The van der Waals surface area contributed by atoms with Crippen LogP contribution in [0.5, 0.6) is 0 Å². The molecule has 0 saturated heterocycles. The van der Waals surface area contributed by atoms with Crippen LogP contribution in [0, 0.1) is 0 Å². The molecule has 0 aromatic heterocycles. The molecule has 2 rings (SSSR count). The van der Waals surface area contributed by atoms with Crippen LogP contribution in [0.1, 0.15) is 5.56 Å². The molecule has 0 spiro atoms. The van der Waals surface area contributed by atoms with Gasteiger partial charge in [0, 0.05) is 6.54 Å². The number of para-hydroxylation sites is 1. The van der Waals surface area contributed by atoms with E-state index in [0.29, 0.717) is 0 Å². The normalized spacial score (nSPS) is 21.2. The number of nitrogen functional groups attached to an aromatic ring is 1. The molecular weight excluding hydrogens is 152 g/mol. The molecule has 12 heavy (non-hydrogen) atoms. The molecule has 1 aliphatic heterocycles. The molecule has 4 nitrogen and oxygen atoms in total. The van der Waals surface area contributed by atoms with Gasteiger partial charge in [0.2, 0.25) is 0 Å². The van der Waals surface area contributed by atoms with Gasteiger partial charge in [0.1, 0.15) is 6.29 Å². The summed E-state index contributed by atoms with van der Waals surface area (Å²) in [6.45, 7) is 0.772. The van der Waals surface area contributed by atoms with Gasteiger partial charge in [-0.25, -0.2) is 0 Å². The second-order valence-electron chi connectivity index (χ2n) is 2.88. The Hall–Kier alpha value is -1.26. The molecule has 1 heterocycles. The van der Waals surface area contributed by atoms with Crippen LogP contribution in [0.3, 0.4) is 0 Å². The van der Waals surface area contributed by atoms with Gasteiger partial charge in [0.25, 0.3) is 0 Å². The number of fused-ring (bicyclic) bond motifs is 1. The lowest BCUT2D eigenvalue weighted by Gasteiger charge is -2.26. The van der Waals surface area contributed by atoms with Crippen molar-refractivity contribution >= 4 is 11.4 Å². The molecule has 1 aliphatic rings. The van der Waals surface area contributed by atoms with Crippen molar-refractivity contribution in [2.24, 2.45) is 5.73 Å². The third-order valence-corrected chi connectivity index (χ3v) is 2.00. The first-order valence-corrected chi connectivity index (χ1v) is 3.90. The zero-order chi connectivity index (χ0) is 8.55. The Kier molecular flexibility index (Phi) is 1.64. The predicted octanol–water partition coefficient (Wildman–Crippen LogP) is 0.0262. The summed E-state index contributed by atoms with van der Waals surface area (Å²) in [4.78, 5) is 0. The van der Waals surface area contributed by atoms with Gasteiger partial charge in [-0.05, 0) is 11.6 Å². The smallest absolute Gasteiger partial charge is 0.130 e. The van der Waals surface area contributed by atoms with Gasteiger partial charge in [-0.3, -0.25) is 11.1 Å². The van der Waals surface area contributed by atoms with E-state index in [1.807, 2.05) is 18.2 Å². The standard InChI is InChI=1S/C8H12N4/c9-6-3-1-2-5-4-11-8(10)12-7(5)6/h1-3,8,11-12H,4,9-10H2. The molecule has 0 aliphatic carbocycles. The summed E-state index contributed by atoms with van der Waals surface area (Å²) in [5.41, 5.74) is 14.3. The Balaban J connectivity index is 2.43. The number of rotatable bonds is 0. The summed E-state index contributed by atoms with van der Waals surface area (Å²) in [5, 5.41) is 6.15. The van der Waals surface area contributed by atoms with Crippen LogP contribution in [-0.2, 0) is 6.54 Å². The number of anilines is 2. The Bertz CT molecular complexity index is 297. The third-order valence-electron chi connectivity index (χ3n) is 2.00. The molecule has 1 atom stereocenters. The van der Waals surface area contributed by atoms with Crippen LogP contribution in [0.25, 0.3) is 0 Å². The van der Waals surface area contributed by atoms with Crippen LogP contribution in [0.2, 0.25) is 0 Å². The van der Waals surface area contributed by atoms with Gasteiger partial charge in [0.15, 0.2) is 0 Å². The lowest BCUT2D eigenvalue weighted by Crippen LogP contribution is -2.46. The molecule has 0 bridgehead atoms. The van der Waals surface area contributed by atoms with E-state index in [1.54, 1.807) is 0 Å². The van der Waals surface area contributed by atoms with Gasteiger partial charge in [-0.1, -0.05) is 12.1 Å². The van der Waals surface area contributed by atoms with E-state index >= 15 is 0 Å². The predicted molar refractivity (Wildman–Crippen MR) is 49.3 cm³/mol. The average Bonchev–Trinajstić information content (AvgIpc) is 2.07. The molecule has 6 N–H and O–H groups in total. The minimum atomic E-state index is -0.192. The zero-order valence-corrected chi connectivity index (χ0v) is 6.67. The first kappa shape index (κ1) is 7.39. The lowest BCUT2D eigenvalue weighted by atomic mass is 10.1. The van der Waals surface area contributed by atoms with Gasteiger partial charge in [-0.2, -0.15) is 0 Å². The highest BCUT2D eigenvalue weighted by molar-refractivity contribution is 5.71. The highest BCUT2D eigenvalue weighted by Crippen LogP contribution is 2.25. The fraction of sp³-hybridized carbons (Fsp3) is 0.250. The third kappa shape index (κ3) is 1.11. The second kappa shape index (κ2) is 2.66. The van der Waals surface area contributed by atoms with Crippen molar-refractivity contribution < 1.29 is 0 Å². The minimum Gasteiger partial charge on any atom is -0.397 e. The van der Waals surface area contributed by atoms with Crippen molar-refractivity contribution in [1.29, 1.82) is 0 Å². The van der Waals surface area contributed by atoms with Crippen molar-refractivity contribution in [3.63, 3.8) is 0 Å². The Labute approximate surface area is 70.9 Å². The van der Waals surface area contributed by atoms with Crippen LogP contribution in [-0.4, -0.2) is 6.29 Å². The lowest BCUT2D eigenvalue weighted by molar-refractivity contribution is 0.559. The first-order valence-electron chi connectivity index (χ1n) is 3.90. The van der Waals surface area contributed by atoms with Gasteiger partial charge in [-0.15, -0.1) is 0 Å². The zero-order valence-electron chi connectivity index (χ0n) is 6.67. The minimum absolute atomic E-state index is 0.192. The summed E-state index contributed by atoms with van der Waals surface area (Å²) in [6.07, 6.45) is -0.192. The van der Waals surface area contributed by atoms with Crippen molar-refractivity contribution in [2.75, 3.05) is 11.1 Å². The summed E-state index contributed by atoms with van der Waals surface area (Å²) in [6, 6.07) is 5.83. The summed E-state index contributed by atoms with van der Waals surface area (Å²) < 4.78 is 0. The number of benzene rings is 1. The van der Waals surface area contributed by atoms with Gasteiger partial charge < -0.3 is 11.1 Å². The number of nitrogens with one attached hydrogen (secondary N) is 2. The maximum Gasteiger partial charge on any atom is 0.130 e. The monoisotopic (exact) mass is 164 g/mol. The quantitative estimate of drug-likeness (QED) is 0.408. The maximum absolute atomic E-state index is 5.76. The van der Waals surface area contributed by atoms with E-state index in [9.17, 15) is 0 Å². The fourth-order valence-corrected chi connectivity index (χ4v) is 1.37. The largest absolute Gasteiger partial charge is 0.397 e. The fourth-order valence-electron chi connectivity index (χ4n) is 1.37. The molecule has 64 valence electrons. The first-order chi connectivity index (χ1) is 5.77. The number of nitrogens with two attached hydrogens (primary N) is 2. The maximum atomic E-state index is 5.76. The van der Waals surface area contributed by atoms with E-state index < -0.39 is 0 Å².